The average Bonchev–Trinajstić information content (AvgIpc) is 3.08. The van der Waals surface area contributed by atoms with Gasteiger partial charge in [-0.05, 0) is 42.8 Å². The first-order valence-corrected chi connectivity index (χ1v) is 8.31. The molecule has 0 aliphatic rings. The second-order valence-corrected chi connectivity index (χ2v) is 6.35. The summed E-state index contributed by atoms with van der Waals surface area (Å²) in [4.78, 5) is 12.5. The van der Waals surface area contributed by atoms with E-state index in [-0.39, 0.29) is 12.4 Å². The summed E-state index contributed by atoms with van der Waals surface area (Å²) in [6, 6.07) is 13.7. The normalized spacial score (nSPS) is 10.7. The fraction of sp³-hybridized carbons (Fsp3) is 0.105. The van der Waals surface area contributed by atoms with Gasteiger partial charge in [-0.1, -0.05) is 41.4 Å². The van der Waals surface area contributed by atoms with E-state index in [2.05, 4.69) is 5.32 Å². The van der Waals surface area contributed by atoms with Gasteiger partial charge in [-0.2, -0.15) is 0 Å². The fourth-order valence-electron chi connectivity index (χ4n) is 2.51. The number of aliphatic hydroxyl groups is 1. The molecule has 0 unspecified atom stereocenters. The molecule has 4 nitrogen and oxygen atoms in total. The molecule has 0 radical (unpaired) electrons. The number of aryl methyl sites for hydroxylation is 1. The summed E-state index contributed by atoms with van der Waals surface area (Å²) in [5, 5.41) is 13.2. The Morgan fingerprint density at radius 3 is 2.72 bits per heavy atom. The molecule has 2 aromatic carbocycles. The van der Waals surface area contributed by atoms with E-state index in [0.29, 0.717) is 32.6 Å². The highest BCUT2D eigenvalue weighted by molar-refractivity contribution is 6.35. The second-order valence-electron chi connectivity index (χ2n) is 5.51. The summed E-state index contributed by atoms with van der Waals surface area (Å²) in [6.07, 6.45) is 0. The van der Waals surface area contributed by atoms with E-state index in [9.17, 15) is 9.90 Å². The van der Waals surface area contributed by atoms with Crippen molar-refractivity contribution in [2.75, 3.05) is 5.32 Å². The molecule has 0 saturated carbocycles. The zero-order valence-electron chi connectivity index (χ0n) is 13.3. The van der Waals surface area contributed by atoms with Crippen LogP contribution in [0.15, 0.2) is 52.9 Å². The molecule has 0 spiro atoms. The van der Waals surface area contributed by atoms with Gasteiger partial charge in [0.25, 0.3) is 5.91 Å². The van der Waals surface area contributed by atoms with Crippen molar-refractivity contribution >= 4 is 34.8 Å². The van der Waals surface area contributed by atoms with E-state index in [0.717, 1.165) is 5.56 Å². The number of hydrogen-bond donors (Lipinski definition) is 2. The van der Waals surface area contributed by atoms with E-state index >= 15 is 0 Å². The highest BCUT2D eigenvalue weighted by Crippen LogP contribution is 2.32. The molecule has 2 N–H and O–H groups in total. The quantitative estimate of drug-likeness (QED) is 0.649. The molecule has 0 bridgehead atoms. The van der Waals surface area contributed by atoms with Crippen LogP contribution in [0.5, 0.6) is 0 Å². The number of carbonyl (C=O) groups is 1. The Morgan fingerprint density at radius 2 is 1.96 bits per heavy atom. The number of amides is 1. The first-order valence-electron chi connectivity index (χ1n) is 7.55. The molecule has 0 aliphatic carbocycles. The van der Waals surface area contributed by atoms with Crippen LogP contribution in [0.25, 0.3) is 11.3 Å². The van der Waals surface area contributed by atoms with Gasteiger partial charge < -0.3 is 14.8 Å². The van der Waals surface area contributed by atoms with E-state index in [1.807, 2.05) is 19.1 Å². The second kappa shape index (κ2) is 7.31. The molecule has 6 heteroatoms. The maximum atomic E-state index is 12.5. The van der Waals surface area contributed by atoms with Crippen LogP contribution in [0, 0.1) is 6.92 Å². The van der Waals surface area contributed by atoms with Crippen LogP contribution in [-0.2, 0) is 6.61 Å². The minimum Gasteiger partial charge on any atom is -0.451 e. The van der Waals surface area contributed by atoms with Crippen LogP contribution in [0.2, 0.25) is 10.0 Å². The van der Waals surface area contributed by atoms with Crippen molar-refractivity contribution in [1.29, 1.82) is 0 Å². The van der Waals surface area contributed by atoms with Crippen LogP contribution < -0.4 is 5.32 Å². The Morgan fingerprint density at radius 1 is 1.16 bits per heavy atom. The van der Waals surface area contributed by atoms with E-state index < -0.39 is 5.91 Å². The van der Waals surface area contributed by atoms with Crippen molar-refractivity contribution in [1.82, 2.24) is 0 Å². The number of hydrogen-bond acceptors (Lipinski definition) is 3. The Bertz CT molecular complexity index is 934. The molecule has 1 aromatic heterocycles. The summed E-state index contributed by atoms with van der Waals surface area (Å²) in [7, 11) is 0. The predicted molar refractivity (Wildman–Crippen MR) is 99.2 cm³/mol. The lowest BCUT2D eigenvalue weighted by atomic mass is 10.1. The number of nitrogens with one attached hydrogen (secondary N) is 1. The Labute approximate surface area is 155 Å². The molecule has 1 heterocycles. The third kappa shape index (κ3) is 3.71. The summed E-state index contributed by atoms with van der Waals surface area (Å²) >= 11 is 12.2. The standard InChI is InChI=1S/C19H15Cl2NO3/c1-11-3-2-4-12(10-23)18(11)22-19(24)17-8-7-16(25-17)14-9-13(20)5-6-15(14)21/h2-9,23H,10H2,1H3,(H,22,24). The molecule has 3 rings (SSSR count). The number of benzene rings is 2. The maximum Gasteiger partial charge on any atom is 0.291 e. The fourth-order valence-corrected chi connectivity index (χ4v) is 2.89. The number of aliphatic hydroxyl groups excluding tert-OH is 1. The maximum absolute atomic E-state index is 12.5. The van der Waals surface area contributed by atoms with Crippen molar-refractivity contribution < 1.29 is 14.3 Å². The SMILES string of the molecule is Cc1cccc(CO)c1NC(=O)c1ccc(-c2cc(Cl)ccc2Cl)o1. The van der Waals surface area contributed by atoms with Gasteiger partial charge >= 0.3 is 0 Å². The number of furan rings is 1. The highest BCUT2D eigenvalue weighted by atomic mass is 35.5. The van der Waals surface area contributed by atoms with Crippen LogP contribution in [0.4, 0.5) is 5.69 Å². The first-order chi connectivity index (χ1) is 12.0. The van der Waals surface area contributed by atoms with E-state index in [1.54, 1.807) is 36.4 Å². The molecule has 0 atom stereocenters. The molecule has 3 aromatic rings. The van der Waals surface area contributed by atoms with Crippen molar-refractivity contribution in [3.05, 3.63) is 75.5 Å². The Hall–Kier alpha value is -2.27. The number of rotatable bonds is 4. The lowest BCUT2D eigenvalue weighted by Crippen LogP contribution is -2.13. The monoisotopic (exact) mass is 375 g/mol. The average molecular weight is 376 g/mol. The summed E-state index contributed by atoms with van der Waals surface area (Å²) in [6.45, 7) is 1.69. The predicted octanol–water partition coefficient (Wildman–Crippen LogP) is 5.31. The van der Waals surface area contributed by atoms with Gasteiger partial charge in [0.15, 0.2) is 5.76 Å². The molecular weight excluding hydrogens is 361 g/mol. The summed E-state index contributed by atoms with van der Waals surface area (Å²) in [5.41, 5.74) is 2.68. The van der Waals surface area contributed by atoms with Crippen LogP contribution in [0.3, 0.4) is 0 Å². The summed E-state index contributed by atoms with van der Waals surface area (Å²) in [5.74, 6) is 0.177. The topological polar surface area (TPSA) is 62.5 Å². The lowest BCUT2D eigenvalue weighted by molar-refractivity contribution is 0.0997. The molecule has 0 aliphatic heterocycles. The van der Waals surface area contributed by atoms with Gasteiger partial charge in [-0.15, -0.1) is 0 Å². The molecule has 1 amide bonds. The van der Waals surface area contributed by atoms with Crippen molar-refractivity contribution in [2.45, 2.75) is 13.5 Å². The first kappa shape index (κ1) is 17.5. The van der Waals surface area contributed by atoms with Gasteiger partial charge in [0.1, 0.15) is 5.76 Å². The third-order valence-electron chi connectivity index (χ3n) is 3.79. The van der Waals surface area contributed by atoms with E-state index in [1.165, 1.54) is 0 Å². The molecule has 25 heavy (non-hydrogen) atoms. The van der Waals surface area contributed by atoms with Gasteiger partial charge in [0, 0.05) is 21.8 Å². The largest absolute Gasteiger partial charge is 0.451 e. The van der Waals surface area contributed by atoms with Gasteiger partial charge in [-0.3, -0.25) is 4.79 Å². The van der Waals surface area contributed by atoms with Crippen LogP contribution in [-0.4, -0.2) is 11.0 Å². The van der Waals surface area contributed by atoms with Gasteiger partial charge in [0.2, 0.25) is 0 Å². The van der Waals surface area contributed by atoms with Gasteiger partial charge in [-0.25, -0.2) is 0 Å². The Balaban J connectivity index is 1.88. The van der Waals surface area contributed by atoms with E-state index in [4.69, 9.17) is 27.6 Å². The van der Waals surface area contributed by atoms with Crippen LogP contribution in [0.1, 0.15) is 21.7 Å². The zero-order valence-corrected chi connectivity index (χ0v) is 14.9. The summed E-state index contributed by atoms with van der Waals surface area (Å²) < 4.78 is 5.64. The minimum atomic E-state index is -0.409. The molecule has 0 fully saturated rings. The number of anilines is 1. The Kier molecular flexibility index (Phi) is 5.13. The number of halogens is 2. The molecular formula is C19H15Cl2NO3. The van der Waals surface area contributed by atoms with Gasteiger partial charge in [0.05, 0.1) is 11.6 Å². The number of carbonyl (C=O) groups excluding carboxylic acids is 1. The highest BCUT2D eigenvalue weighted by Gasteiger charge is 2.16. The smallest absolute Gasteiger partial charge is 0.291 e. The minimum absolute atomic E-state index is 0.137. The molecule has 128 valence electrons. The van der Waals surface area contributed by atoms with Crippen molar-refractivity contribution in [2.24, 2.45) is 0 Å². The third-order valence-corrected chi connectivity index (χ3v) is 4.36. The number of para-hydroxylation sites is 1. The van der Waals surface area contributed by atoms with Crippen molar-refractivity contribution in [3.8, 4) is 11.3 Å². The zero-order chi connectivity index (χ0) is 18.0. The van der Waals surface area contributed by atoms with Crippen molar-refractivity contribution in [3.63, 3.8) is 0 Å². The molecule has 0 saturated heterocycles. The van der Waals surface area contributed by atoms with Crippen LogP contribution >= 0.6 is 23.2 Å². The lowest BCUT2D eigenvalue weighted by Gasteiger charge is -2.11.